The maximum Gasteiger partial charge on any atom is 0.246 e. The lowest BCUT2D eigenvalue weighted by Crippen LogP contribution is -2.35. The van der Waals surface area contributed by atoms with E-state index in [1.807, 2.05) is 18.2 Å². The summed E-state index contributed by atoms with van der Waals surface area (Å²) in [5.74, 6) is 0. The summed E-state index contributed by atoms with van der Waals surface area (Å²) in [7, 11) is -1.71. The van der Waals surface area contributed by atoms with Gasteiger partial charge in [-0.25, -0.2) is 8.42 Å². The molecule has 0 radical (unpaired) electrons. The minimum Gasteiger partial charge on any atom is -0.298 e. The van der Waals surface area contributed by atoms with E-state index in [0.29, 0.717) is 13.1 Å². The highest BCUT2D eigenvalue weighted by molar-refractivity contribution is 7.89. The second-order valence-corrected chi connectivity index (χ2v) is 7.81. The molecule has 0 bridgehead atoms. The van der Waals surface area contributed by atoms with Crippen LogP contribution in [0.4, 0.5) is 0 Å². The molecule has 0 atom stereocenters. The molecular formula is C16H22N4O2S. The lowest BCUT2D eigenvalue weighted by Gasteiger charge is -2.21. The molecule has 2 heterocycles. The molecule has 0 saturated carbocycles. The van der Waals surface area contributed by atoms with Gasteiger partial charge in [0, 0.05) is 39.4 Å². The van der Waals surface area contributed by atoms with E-state index >= 15 is 0 Å². The molecule has 1 saturated heterocycles. The third-order valence-corrected chi connectivity index (χ3v) is 5.97. The minimum atomic E-state index is -3.44. The summed E-state index contributed by atoms with van der Waals surface area (Å²) in [6, 6.07) is 10.3. The van der Waals surface area contributed by atoms with E-state index in [2.05, 4.69) is 22.1 Å². The maximum absolute atomic E-state index is 12.7. The predicted octanol–water partition coefficient (Wildman–Crippen LogP) is 1.32. The summed E-state index contributed by atoms with van der Waals surface area (Å²) >= 11 is 0. The Balaban J connectivity index is 1.66. The molecular weight excluding hydrogens is 312 g/mol. The maximum atomic E-state index is 12.7. The fourth-order valence-electron chi connectivity index (χ4n) is 2.87. The first-order chi connectivity index (χ1) is 11.1. The van der Waals surface area contributed by atoms with Gasteiger partial charge in [0.25, 0.3) is 0 Å². The van der Waals surface area contributed by atoms with Gasteiger partial charge in [0.1, 0.15) is 4.90 Å². The van der Waals surface area contributed by atoms with Crippen molar-refractivity contribution in [2.24, 2.45) is 7.05 Å². The lowest BCUT2D eigenvalue weighted by atomic mass is 10.2. The molecule has 6 nitrogen and oxygen atoms in total. The average Bonchev–Trinajstić information content (AvgIpc) is 2.84. The zero-order chi connectivity index (χ0) is 16.3. The third kappa shape index (κ3) is 3.80. The number of hydrogen-bond donors (Lipinski definition) is 0. The first-order valence-corrected chi connectivity index (χ1v) is 9.25. The summed E-state index contributed by atoms with van der Waals surface area (Å²) in [6.07, 6.45) is 3.82. The minimum absolute atomic E-state index is 0.275. The van der Waals surface area contributed by atoms with E-state index in [4.69, 9.17) is 0 Å². The molecule has 3 rings (SSSR count). The second kappa shape index (κ2) is 6.82. The van der Waals surface area contributed by atoms with E-state index in [-0.39, 0.29) is 4.90 Å². The van der Waals surface area contributed by atoms with Gasteiger partial charge in [0.2, 0.25) is 10.0 Å². The Morgan fingerprint density at radius 3 is 2.57 bits per heavy atom. The summed E-state index contributed by atoms with van der Waals surface area (Å²) in [4.78, 5) is 2.59. The highest BCUT2D eigenvalue weighted by Gasteiger charge is 2.27. The van der Waals surface area contributed by atoms with Gasteiger partial charge >= 0.3 is 0 Å². The van der Waals surface area contributed by atoms with Crippen molar-refractivity contribution >= 4 is 10.0 Å². The summed E-state index contributed by atoms with van der Waals surface area (Å²) in [6.45, 7) is 3.59. The van der Waals surface area contributed by atoms with Crippen LogP contribution in [-0.4, -0.2) is 53.6 Å². The standard InChI is InChI=1S/C16H22N4O2S/c1-18-14-16(12-17-18)23(21,22)20-9-5-8-19(10-11-20)13-15-6-3-2-4-7-15/h2-4,6-7,12,14H,5,8-11,13H2,1H3. The molecule has 0 aliphatic carbocycles. The molecule has 124 valence electrons. The zero-order valence-electron chi connectivity index (χ0n) is 13.3. The molecule has 2 aromatic rings. The normalized spacial score (nSPS) is 18.0. The van der Waals surface area contributed by atoms with Gasteiger partial charge in [0.05, 0.1) is 6.20 Å². The van der Waals surface area contributed by atoms with Crippen molar-refractivity contribution in [1.82, 2.24) is 19.0 Å². The Bertz CT molecular complexity index is 742. The molecule has 0 N–H and O–H groups in total. The number of rotatable bonds is 4. The van der Waals surface area contributed by atoms with E-state index < -0.39 is 10.0 Å². The Kier molecular flexibility index (Phi) is 4.79. The lowest BCUT2D eigenvalue weighted by molar-refractivity contribution is 0.278. The Morgan fingerprint density at radius 2 is 1.87 bits per heavy atom. The monoisotopic (exact) mass is 334 g/mol. The van der Waals surface area contributed by atoms with Gasteiger partial charge in [-0.15, -0.1) is 0 Å². The SMILES string of the molecule is Cn1cc(S(=O)(=O)N2CCCN(Cc3ccccc3)CC2)cn1. The quantitative estimate of drug-likeness (QED) is 0.846. The van der Waals surface area contributed by atoms with Gasteiger partial charge in [0.15, 0.2) is 0 Å². The van der Waals surface area contributed by atoms with Crippen molar-refractivity contribution < 1.29 is 8.42 Å². The molecule has 1 fully saturated rings. The van der Waals surface area contributed by atoms with Gasteiger partial charge in [-0.1, -0.05) is 30.3 Å². The molecule has 1 aromatic heterocycles. The van der Waals surface area contributed by atoms with Crippen molar-refractivity contribution in [3.63, 3.8) is 0 Å². The van der Waals surface area contributed by atoms with Crippen LogP contribution in [0.15, 0.2) is 47.6 Å². The Morgan fingerprint density at radius 1 is 1.09 bits per heavy atom. The van der Waals surface area contributed by atoms with E-state index in [1.165, 1.54) is 16.4 Å². The molecule has 1 aliphatic rings. The highest BCUT2D eigenvalue weighted by atomic mass is 32.2. The molecule has 0 amide bonds. The number of sulfonamides is 1. The van der Waals surface area contributed by atoms with Crippen LogP contribution in [0.3, 0.4) is 0 Å². The summed E-state index contributed by atoms with van der Waals surface area (Å²) < 4.78 is 28.4. The van der Waals surface area contributed by atoms with Gasteiger partial charge in [-0.2, -0.15) is 9.40 Å². The van der Waals surface area contributed by atoms with Crippen LogP contribution < -0.4 is 0 Å². The van der Waals surface area contributed by atoms with Crippen LogP contribution in [0.5, 0.6) is 0 Å². The number of benzene rings is 1. The van der Waals surface area contributed by atoms with E-state index in [9.17, 15) is 8.42 Å². The Hall–Kier alpha value is -1.70. The molecule has 0 spiro atoms. The second-order valence-electron chi connectivity index (χ2n) is 5.87. The molecule has 1 aromatic carbocycles. The van der Waals surface area contributed by atoms with E-state index in [0.717, 1.165) is 26.1 Å². The number of hydrogen-bond acceptors (Lipinski definition) is 4. The van der Waals surface area contributed by atoms with Gasteiger partial charge in [-0.3, -0.25) is 9.58 Å². The smallest absolute Gasteiger partial charge is 0.246 e. The fourth-order valence-corrected chi connectivity index (χ4v) is 4.32. The molecule has 7 heteroatoms. The summed E-state index contributed by atoms with van der Waals surface area (Å²) in [5, 5.41) is 3.97. The van der Waals surface area contributed by atoms with E-state index in [1.54, 1.807) is 17.5 Å². The topological polar surface area (TPSA) is 58.4 Å². The number of aromatic nitrogens is 2. The third-order valence-electron chi connectivity index (χ3n) is 4.12. The van der Waals surface area contributed by atoms with Gasteiger partial charge < -0.3 is 0 Å². The van der Waals surface area contributed by atoms with Crippen LogP contribution in [0.2, 0.25) is 0 Å². The largest absolute Gasteiger partial charge is 0.298 e. The van der Waals surface area contributed by atoms with Crippen molar-refractivity contribution in [1.29, 1.82) is 0 Å². The highest BCUT2D eigenvalue weighted by Crippen LogP contribution is 2.17. The number of nitrogens with zero attached hydrogens (tertiary/aromatic N) is 4. The fraction of sp³-hybridized carbons (Fsp3) is 0.438. The first-order valence-electron chi connectivity index (χ1n) is 7.81. The molecule has 23 heavy (non-hydrogen) atoms. The van der Waals surface area contributed by atoms with Crippen LogP contribution in [0, 0.1) is 0 Å². The number of aryl methyl sites for hydroxylation is 1. The zero-order valence-corrected chi connectivity index (χ0v) is 14.1. The molecule has 1 aliphatic heterocycles. The van der Waals surface area contributed by atoms with Crippen LogP contribution in [0.1, 0.15) is 12.0 Å². The molecule has 0 unspecified atom stereocenters. The van der Waals surface area contributed by atoms with Crippen molar-refractivity contribution in [2.45, 2.75) is 17.9 Å². The Labute approximate surface area is 137 Å². The van der Waals surface area contributed by atoms with Crippen molar-refractivity contribution in [2.75, 3.05) is 26.2 Å². The van der Waals surface area contributed by atoms with Crippen molar-refractivity contribution in [3.05, 3.63) is 48.3 Å². The summed E-state index contributed by atoms with van der Waals surface area (Å²) in [5.41, 5.74) is 1.26. The van der Waals surface area contributed by atoms with Crippen LogP contribution in [0.25, 0.3) is 0 Å². The van der Waals surface area contributed by atoms with Crippen LogP contribution >= 0.6 is 0 Å². The van der Waals surface area contributed by atoms with Crippen molar-refractivity contribution in [3.8, 4) is 0 Å². The van der Waals surface area contributed by atoms with Crippen LogP contribution in [-0.2, 0) is 23.6 Å². The average molecular weight is 334 g/mol. The predicted molar refractivity (Wildman–Crippen MR) is 88.3 cm³/mol. The first kappa shape index (κ1) is 16.2. The van der Waals surface area contributed by atoms with Gasteiger partial charge in [-0.05, 0) is 18.5 Å².